The normalized spacial score (nSPS) is 14.2. The number of esters is 1. The maximum atomic E-state index is 13.3. The van der Waals surface area contributed by atoms with Gasteiger partial charge in [0.2, 0.25) is 5.91 Å². The quantitative estimate of drug-likeness (QED) is 0.700. The zero-order valence-corrected chi connectivity index (χ0v) is 16.5. The summed E-state index contributed by atoms with van der Waals surface area (Å²) in [4.78, 5) is 26.8. The van der Waals surface area contributed by atoms with Crippen LogP contribution in [0.2, 0.25) is 0 Å². The molecule has 0 radical (unpaired) electrons. The summed E-state index contributed by atoms with van der Waals surface area (Å²) < 4.78 is 20.5. The van der Waals surface area contributed by atoms with Crippen molar-refractivity contribution in [3.05, 3.63) is 47.4 Å². The van der Waals surface area contributed by atoms with Crippen LogP contribution in [0, 0.1) is 12.7 Å². The molecule has 1 aliphatic rings. The number of carbonyl (C=O) groups excluding carboxylic acids is 2. The molecule has 0 N–H and O–H groups in total. The van der Waals surface area contributed by atoms with Crippen LogP contribution in [-0.4, -0.2) is 41.0 Å². The Morgan fingerprint density at radius 3 is 2.43 bits per heavy atom. The first-order valence-corrected chi connectivity index (χ1v) is 9.92. The molecule has 0 saturated carbocycles. The zero-order chi connectivity index (χ0) is 20.1. The Hall–Kier alpha value is -2.63. The third-order valence-corrected chi connectivity index (χ3v) is 5.26. The van der Waals surface area contributed by atoms with Gasteiger partial charge in [0.05, 0.1) is 12.2 Å². The van der Waals surface area contributed by atoms with Gasteiger partial charge < -0.3 is 14.2 Å². The number of hydrogen-bond donors (Lipinski definition) is 0. The maximum Gasteiger partial charge on any atom is 0.339 e. The second-order valence-corrected chi connectivity index (χ2v) is 7.10. The molecule has 1 aliphatic heterocycles. The molecule has 0 aliphatic carbocycles. The van der Waals surface area contributed by atoms with Gasteiger partial charge in [-0.15, -0.1) is 0 Å². The lowest BCUT2D eigenvalue weighted by atomic mass is 10.1. The van der Waals surface area contributed by atoms with Crippen LogP contribution in [-0.2, 0) is 16.1 Å². The molecule has 3 rings (SSSR count). The highest BCUT2D eigenvalue weighted by Gasteiger charge is 2.21. The van der Waals surface area contributed by atoms with E-state index in [-0.39, 0.29) is 17.7 Å². The van der Waals surface area contributed by atoms with E-state index >= 15 is 0 Å². The van der Waals surface area contributed by atoms with Crippen molar-refractivity contribution in [3.63, 3.8) is 0 Å². The summed E-state index contributed by atoms with van der Waals surface area (Å²) in [5, 5.41) is 0. The lowest BCUT2D eigenvalue weighted by molar-refractivity contribution is -0.132. The largest absolute Gasteiger partial charge is 0.462 e. The van der Waals surface area contributed by atoms with Crippen LogP contribution < -0.4 is 0 Å². The predicted octanol–water partition coefficient (Wildman–Crippen LogP) is 4.18. The third kappa shape index (κ3) is 4.43. The summed E-state index contributed by atoms with van der Waals surface area (Å²) in [5.41, 5.74) is 2.81. The number of piperidine rings is 1. The molecule has 2 heterocycles. The number of benzene rings is 1. The Morgan fingerprint density at radius 2 is 1.79 bits per heavy atom. The van der Waals surface area contributed by atoms with Crippen LogP contribution in [0.5, 0.6) is 0 Å². The number of ether oxygens (including phenoxy) is 1. The second kappa shape index (κ2) is 9.04. The van der Waals surface area contributed by atoms with Crippen molar-refractivity contribution in [1.29, 1.82) is 0 Å². The first-order chi connectivity index (χ1) is 13.5. The minimum absolute atomic E-state index is 0.135. The fourth-order valence-electron chi connectivity index (χ4n) is 3.72. The number of likely N-dealkylation sites (tertiary alicyclic amines) is 1. The summed E-state index contributed by atoms with van der Waals surface area (Å²) in [6.45, 7) is 6.02. The van der Waals surface area contributed by atoms with Crippen molar-refractivity contribution in [2.75, 3.05) is 19.7 Å². The Bertz CT molecular complexity index is 836. The van der Waals surface area contributed by atoms with Crippen molar-refractivity contribution in [2.24, 2.45) is 0 Å². The van der Waals surface area contributed by atoms with E-state index in [0.29, 0.717) is 25.1 Å². The van der Waals surface area contributed by atoms with Crippen LogP contribution >= 0.6 is 0 Å². The van der Waals surface area contributed by atoms with Gasteiger partial charge in [-0.3, -0.25) is 4.79 Å². The molecule has 6 heteroatoms. The molecule has 0 spiro atoms. The Morgan fingerprint density at radius 1 is 1.11 bits per heavy atom. The van der Waals surface area contributed by atoms with Gasteiger partial charge in [0, 0.05) is 37.4 Å². The van der Waals surface area contributed by atoms with E-state index in [1.54, 1.807) is 25.1 Å². The molecule has 28 heavy (non-hydrogen) atoms. The van der Waals surface area contributed by atoms with Gasteiger partial charge in [0.25, 0.3) is 0 Å². The monoisotopic (exact) mass is 386 g/mol. The molecule has 5 nitrogen and oxygen atoms in total. The predicted molar refractivity (Wildman–Crippen MR) is 106 cm³/mol. The van der Waals surface area contributed by atoms with Gasteiger partial charge in [-0.05, 0) is 69.0 Å². The Labute approximate surface area is 165 Å². The summed E-state index contributed by atoms with van der Waals surface area (Å²) >= 11 is 0. The molecule has 0 atom stereocenters. The van der Waals surface area contributed by atoms with E-state index in [4.69, 9.17) is 4.74 Å². The smallest absolute Gasteiger partial charge is 0.339 e. The van der Waals surface area contributed by atoms with Crippen LogP contribution in [0.3, 0.4) is 0 Å². The average Bonchev–Trinajstić information content (AvgIpc) is 3.04. The van der Waals surface area contributed by atoms with Gasteiger partial charge in [0.1, 0.15) is 5.82 Å². The summed E-state index contributed by atoms with van der Waals surface area (Å²) in [6.07, 6.45) is 3.66. The molecule has 150 valence electrons. The van der Waals surface area contributed by atoms with Crippen LogP contribution in [0.25, 0.3) is 11.3 Å². The van der Waals surface area contributed by atoms with Crippen molar-refractivity contribution in [3.8, 4) is 11.3 Å². The molecule has 2 aromatic rings. The van der Waals surface area contributed by atoms with Gasteiger partial charge in [0.15, 0.2) is 0 Å². The number of amides is 1. The van der Waals surface area contributed by atoms with Gasteiger partial charge >= 0.3 is 5.97 Å². The van der Waals surface area contributed by atoms with Crippen molar-refractivity contribution < 1.29 is 18.7 Å². The highest BCUT2D eigenvalue weighted by Crippen LogP contribution is 2.27. The number of nitrogens with zero attached hydrogens (tertiary/aromatic N) is 2. The molecular formula is C22H27FN2O3. The van der Waals surface area contributed by atoms with Gasteiger partial charge in [-0.2, -0.15) is 0 Å². The molecule has 1 amide bonds. The van der Waals surface area contributed by atoms with Crippen molar-refractivity contribution in [1.82, 2.24) is 9.47 Å². The Kier molecular flexibility index (Phi) is 6.49. The van der Waals surface area contributed by atoms with E-state index in [2.05, 4.69) is 0 Å². The van der Waals surface area contributed by atoms with E-state index in [9.17, 15) is 14.0 Å². The highest BCUT2D eigenvalue weighted by molar-refractivity contribution is 5.92. The maximum absolute atomic E-state index is 13.3. The summed E-state index contributed by atoms with van der Waals surface area (Å²) in [5.74, 6) is -0.565. The van der Waals surface area contributed by atoms with Gasteiger partial charge in [-0.1, -0.05) is 0 Å². The molecule has 1 aromatic carbocycles. The first-order valence-electron chi connectivity index (χ1n) is 9.92. The number of halogens is 1. The lowest BCUT2D eigenvalue weighted by Gasteiger charge is -2.27. The van der Waals surface area contributed by atoms with Crippen molar-refractivity contribution in [2.45, 2.75) is 46.1 Å². The summed E-state index contributed by atoms with van der Waals surface area (Å²) in [6, 6.07) is 7.92. The van der Waals surface area contributed by atoms with E-state index in [1.165, 1.54) is 18.6 Å². The van der Waals surface area contributed by atoms with E-state index in [0.717, 1.165) is 42.9 Å². The topological polar surface area (TPSA) is 51.5 Å². The number of aromatic nitrogens is 1. The fraction of sp³-hybridized carbons (Fsp3) is 0.455. The average molecular weight is 386 g/mol. The van der Waals surface area contributed by atoms with Crippen LogP contribution in [0.1, 0.15) is 48.7 Å². The minimum atomic E-state index is -0.385. The minimum Gasteiger partial charge on any atom is -0.462 e. The van der Waals surface area contributed by atoms with Crippen molar-refractivity contribution >= 4 is 11.9 Å². The first kappa shape index (κ1) is 20.1. The highest BCUT2D eigenvalue weighted by atomic mass is 19.1. The van der Waals surface area contributed by atoms with Crippen LogP contribution in [0.4, 0.5) is 4.39 Å². The number of hydrogen-bond acceptors (Lipinski definition) is 3. The Balaban J connectivity index is 1.87. The van der Waals surface area contributed by atoms with E-state index in [1.807, 2.05) is 16.4 Å². The molecule has 1 fully saturated rings. The second-order valence-electron chi connectivity index (χ2n) is 7.10. The lowest BCUT2D eigenvalue weighted by Crippen LogP contribution is -2.36. The summed E-state index contributed by atoms with van der Waals surface area (Å²) in [7, 11) is 0. The zero-order valence-electron chi connectivity index (χ0n) is 16.5. The third-order valence-electron chi connectivity index (χ3n) is 5.26. The number of carbonyl (C=O) groups is 2. The molecule has 1 aromatic heterocycles. The fourth-order valence-corrected chi connectivity index (χ4v) is 3.72. The molecule has 0 bridgehead atoms. The standard InChI is InChI=1S/C22H27FN2O3/c1-3-28-22(27)19-15-20(17-7-9-18(23)10-8-17)25(16(19)2)14-11-21(26)24-12-5-4-6-13-24/h7-10,15H,3-6,11-14H2,1-2H3. The van der Waals surface area contributed by atoms with Gasteiger partial charge in [-0.25, -0.2) is 9.18 Å². The molecular weight excluding hydrogens is 359 g/mol. The molecule has 1 saturated heterocycles. The molecule has 0 unspecified atom stereocenters. The number of rotatable bonds is 6. The van der Waals surface area contributed by atoms with E-state index < -0.39 is 0 Å². The van der Waals surface area contributed by atoms with Crippen LogP contribution in [0.15, 0.2) is 30.3 Å². The SMILES string of the molecule is CCOC(=O)c1cc(-c2ccc(F)cc2)n(CCC(=O)N2CCCCC2)c1C.